The van der Waals surface area contributed by atoms with Crippen molar-refractivity contribution in [2.75, 3.05) is 10.2 Å². The van der Waals surface area contributed by atoms with Crippen molar-refractivity contribution in [3.8, 4) is 0 Å². The summed E-state index contributed by atoms with van der Waals surface area (Å²) in [7, 11) is 0. The molecule has 1 aliphatic heterocycles. The predicted molar refractivity (Wildman–Crippen MR) is 125 cm³/mol. The molecule has 34 heavy (non-hydrogen) atoms. The van der Waals surface area contributed by atoms with Crippen LogP contribution in [0.4, 0.5) is 15.8 Å². The first-order valence-electron chi connectivity index (χ1n) is 10.3. The molecule has 2 heterocycles. The van der Waals surface area contributed by atoms with Crippen LogP contribution in [0.2, 0.25) is 5.02 Å². The minimum atomic E-state index is -0.457. The van der Waals surface area contributed by atoms with Crippen molar-refractivity contribution in [1.29, 1.82) is 0 Å². The van der Waals surface area contributed by atoms with Gasteiger partial charge in [-0.15, -0.1) is 0 Å². The lowest BCUT2D eigenvalue weighted by atomic mass is 10.1. The molecular formula is C25H16ClFN4O3. The number of halogens is 2. The van der Waals surface area contributed by atoms with E-state index in [1.54, 1.807) is 54.7 Å². The van der Waals surface area contributed by atoms with Gasteiger partial charge in [-0.25, -0.2) is 9.29 Å². The van der Waals surface area contributed by atoms with Gasteiger partial charge in [0.05, 0.1) is 35.2 Å². The predicted octanol–water partition coefficient (Wildman–Crippen LogP) is 4.78. The number of carbonyl (C=O) groups is 3. The summed E-state index contributed by atoms with van der Waals surface area (Å²) in [6, 6.07) is 17.2. The lowest BCUT2D eigenvalue weighted by Crippen LogP contribution is -2.29. The highest BCUT2D eigenvalue weighted by atomic mass is 35.5. The van der Waals surface area contributed by atoms with Gasteiger partial charge in [0, 0.05) is 22.3 Å². The molecule has 9 heteroatoms. The second-order valence-corrected chi connectivity index (χ2v) is 8.03. The number of amides is 3. The van der Waals surface area contributed by atoms with Crippen molar-refractivity contribution >= 4 is 40.7 Å². The van der Waals surface area contributed by atoms with Gasteiger partial charge in [-0.1, -0.05) is 35.9 Å². The molecule has 0 bridgehead atoms. The maximum absolute atomic E-state index is 14.0. The van der Waals surface area contributed by atoms with Gasteiger partial charge in [0.1, 0.15) is 5.82 Å². The Morgan fingerprint density at radius 3 is 2.38 bits per heavy atom. The van der Waals surface area contributed by atoms with E-state index in [1.165, 1.54) is 29.1 Å². The van der Waals surface area contributed by atoms with Gasteiger partial charge < -0.3 is 5.32 Å². The van der Waals surface area contributed by atoms with E-state index < -0.39 is 23.5 Å². The standard InChI is InChI=1S/C25H16ClFN4O3/c26-21-9-4-10-22(27)20(21)14-30-13-16(12-28-30)29-23(32)15-5-3-6-17(11-15)31-24(33)18-7-1-2-8-19(18)25(31)34/h1-13H,14H2,(H,29,32). The number of nitrogens with one attached hydrogen (secondary N) is 1. The average molecular weight is 475 g/mol. The molecule has 3 aromatic carbocycles. The number of carbonyl (C=O) groups excluding carboxylic acids is 3. The number of anilines is 2. The van der Waals surface area contributed by atoms with Crippen LogP contribution >= 0.6 is 11.6 Å². The summed E-state index contributed by atoms with van der Waals surface area (Å²) in [5.74, 6) is -1.78. The normalized spacial score (nSPS) is 12.7. The molecule has 0 spiro atoms. The van der Waals surface area contributed by atoms with E-state index in [4.69, 9.17) is 11.6 Å². The van der Waals surface area contributed by atoms with Crippen LogP contribution in [0.3, 0.4) is 0 Å². The van der Waals surface area contributed by atoms with Gasteiger partial charge in [0.2, 0.25) is 0 Å². The van der Waals surface area contributed by atoms with Gasteiger partial charge >= 0.3 is 0 Å². The number of benzene rings is 3. The van der Waals surface area contributed by atoms with Crippen LogP contribution in [0.1, 0.15) is 36.6 Å². The highest BCUT2D eigenvalue weighted by molar-refractivity contribution is 6.34. The summed E-state index contributed by atoms with van der Waals surface area (Å²) in [5, 5.41) is 7.14. The Morgan fingerprint density at radius 1 is 0.971 bits per heavy atom. The number of imide groups is 1. The van der Waals surface area contributed by atoms with Gasteiger partial charge in [-0.3, -0.25) is 19.1 Å². The fraction of sp³-hybridized carbons (Fsp3) is 0.0400. The van der Waals surface area contributed by atoms with E-state index in [0.29, 0.717) is 28.1 Å². The van der Waals surface area contributed by atoms with E-state index in [2.05, 4.69) is 10.4 Å². The molecule has 4 aromatic rings. The third kappa shape index (κ3) is 3.84. The molecule has 1 aliphatic rings. The van der Waals surface area contributed by atoms with Crippen molar-refractivity contribution in [2.45, 2.75) is 6.54 Å². The third-order valence-corrected chi connectivity index (χ3v) is 5.79. The van der Waals surface area contributed by atoms with Crippen LogP contribution in [0.25, 0.3) is 0 Å². The van der Waals surface area contributed by atoms with E-state index in [-0.39, 0.29) is 17.1 Å². The first kappa shape index (κ1) is 21.5. The first-order valence-corrected chi connectivity index (χ1v) is 10.6. The second kappa shape index (κ2) is 8.57. The third-order valence-electron chi connectivity index (χ3n) is 5.43. The minimum Gasteiger partial charge on any atom is -0.319 e. The van der Waals surface area contributed by atoms with Crippen LogP contribution in [0, 0.1) is 5.82 Å². The van der Waals surface area contributed by atoms with Gasteiger partial charge in [0.25, 0.3) is 17.7 Å². The quantitative estimate of drug-likeness (QED) is 0.422. The van der Waals surface area contributed by atoms with E-state index in [9.17, 15) is 18.8 Å². The number of hydrogen-bond donors (Lipinski definition) is 1. The summed E-state index contributed by atoms with van der Waals surface area (Å²) >= 11 is 6.07. The number of aromatic nitrogens is 2. The zero-order valence-corrected chi connectivity index (χ0v) is 18.3. The van der Waals surface area contributed by atoms with Crippen molar-refractivity contribution in [1.82, 2.24) is 9.78 Å². The van der Waals surface area contributed by atoms with E-state index >= 15 is 0 Å². The first-order chi connectivity index (χ1) is 16.4. The Balaban J connectivity index is 1.33. The zero-order valence-electron chi connectivity index (χ0n) is 17.5. The van der Waals surface area contributed by atoms with Crippen molar-refractivity contribution in [2.24, 2.45) is 0 Å². The molecule has 168 valence electrons. The number of hydrogen-bond acceptors (Lipinski definition) is 4. The molecule has 5 rings (SSSR count). The minimum absolute atomic E-state index is 0.0939. The monoisotopic (exact) mass is 474 g/mol. The Hall–Kier alpha value is -4.30. The van der Waals surface area contributed by atoms with Crippen LogP contribution in [-0.4, -0.2) is 27.5 Å². The summed E-state index contributed by atoms with van der Waals surface area (Å²) < 4.78 is 15.5. The Kier molecular flexibility index (Phi) is 5.43. The van der Waals surface area contributed by atoms with Gasteiger partial charge in [-0.2, -0.15) is 5.10 Å². The maximum Gasteiger partial charge on any atom is 0.266 e. The molecule has 0 saturated heterocycles. The number of nitrogens with zero attached hydrogens (tertiary/aromatic N) is 3. The smallest absolute Gasteiger partial charge is 0.266 e. The van der Waals surface area contributed by atoms with Crippen molar-refractivity contribution < 1.29 is 18.8 Å². The topological polar surface area (TPSA) is 84.3 Å². The summed E-state index contributed by atoms with van der Waals surface area (Å²) in [4.78, 5) is 39.3. The molecular weight excluding hydrogens is 459 g/mol. The highest BCUT2D eigenvalue weighted by Gasteiger charge is 2.36. The summed E-state index contributed by atoms with van der Waals surface area (Å²) in [6.45, 7) is 0.0939. The SMILES string of the molecule is O=C(Nc1cnn(Cc2c(F)cccc2Cl)c1)c1cccc(N2C(=O)c3ccccc3C2=O)c1. The molecule has 0 atom stereocenters. The van der Waals surface area contributed by atoms with Crippen molar-refractivity contribution in [3.63, 3.8) is 0 Å². The van der Waals surface area contributed by atoms with Crippen LogP contribution < -0.4 is 10.2 Å². The molecule has 7 nitrogen and oxygen atoms in total. The van der Waals surface area contributed by atoms with Crippen LogP contribution in [0.5, 0.6) is 0 Å². The maximum atomic E-state index is 14.0. The molecule has 3 amide bonds. The zero-order chi connectivity index (χ0) is 23.8. The molecule has 1 N–H and O–H groups in total. The lowest BCUT2D eigenvalue weighted by Gasteiger charge is -2.15. The lowest BCUT2D eigenvalue weighted by molar-refractivity contribution is 0.0924. The van der Waals surface area contributed by atoms with Gasteiger partial charge in [-0.05, 0) is 42.5 Å². The van der Waals surface area contributed by atoms with Crippen LogP contribution in [-0.2, 0) is 6.54 Å². The molecule has 0 saturated carbocycles. The molecule has 0 fully saturated rings. The number of fused-ring (bicyclic) bond motifs is 1. The summed E-state index contributed by atoms with van der Waals surface area (Å²) in [5.41, 5.74) is 1.87. The molecule has 0 aliphatic carbocycles. The van der Waals surface area contributed by atoms with E-state index in [1.807, 2.05) is 0 Å². The second-order valence-electron chi connectivity index (χ2n) is 7.62. The van der Waals surface area contributed by atoms with Crippen molar-refractivity contribution in [3.05, 3.63) is 112 Å². The number of rotatable bonds is 5. The van der Waals surface area contributed by atoms with Gasteiger partial charge in [0.15, 0.2) is 0 Å². The average Bonchev–Trinajstić information content (AvgIpc) is 3.38. The fourth-order valence-electron chi connectivity index (χ4n) is 3.77. The van der Waals surface area contributed by atoms with E-state index in [0.717, 1.165) is 4.90 Å². The van der Waals surface area contributed by atoms with Crippen LogP contribution in [0.15, 0.2) is 79.1 Å². The molecule has 0 radical (unpaired) electrons. The molecule has 0 unspecified atom stereocenters. The highest BCUT2D eigenvalue weighted by Crippen LogP contribution is 2.29. The largest absolute Gasteiger partial charge is 0.319 e. The Labute approximate surface area is 198 Å². The Bertz CT molecular complexity index is 1410. The fourth-order valence-corrected chi connectivity index (χ4v) is 4.00. The Morgan fingerprint density at radius 2 is 1.68 bits per heavy atom. The molecule has 1 aromatic heterocycles. The summed E-state index contributed by atoms with van der Waals surface area (Å²) in [6.07, 6.45) is 2.98.